The van der Waals surface area contributed by atoms with Crippen molar-refractivity contribution >= 4 is 17.6 Å². The zero-order valence-electron chi connectivity index (χ0n) is 20.0. The van der Waals surface area contributed by atoms with Crippen LogP contribution in [0.15, 0.2) is 11.2 Å². The first kappa shape index (κ1) is 22.5. The minimum absolute atomic E-state index is 0.0310. The average Bonchev–Trinajstić information content (AvgIpc) is 3.42. The van der Waals surface area contributed by atoms with E-state index in [2.05, 4.69) is 58.3 Å². The highest BCUT2D eigenvalue weighted by atomic mass is 32.2. The van der Waals surface area contributed by atoms with Crippen LogP contribution in [0.2, 0.25) is 0 Å². The Morgan fingerprint density at radius 2 is 1.77 bits per heavy atom. The van der Waals surface area contributed by atoms with Gasteiger partial charge < -0.3 is 9.47 Å². The lowest BCUT2D eigenvalue weighted by Crippen LogP contribution is -2.47. The molecule has 2 aliphatic rings. The van der Waals surface area contributed by atoms with E-state index in [1.165, 1.54) is 25.0 Å². The van der Waals surface area contributed by atoms with Crippen molar-refractivity contribution in [3.8, 4) is 0 Å². The van der Waals surface area contributed by atoms with Crippen LogP contribution in [0.5, 0.6) is 0 Å². The summed E-state index contributed by atoms with van der Waals surface area (Å²) in [4.78, 5) is 15.0. The van der Waals surface area contributed by atoms with E-state index < -0.39 is 0 Å². The second kappa shape index (κ2) is 8.70. The molecular weight excluding hydrogens is 406 g/mol. The van der Waals surface area contributed by atoms with E-state index in [-0.39, 0.29) is 10.8 Å². The van der Waals surface area contributed by atoms with Crippen LogP contribution in [-0.4, -0.2) is 68.1 Å². The zero-order chi connectivity index (χ0) is 22.2. The Bertz CT molecular complexity index is 882. The van der Waals surface area contributed by atoms with Gasteiger partial charge in [-0.3, -0.25) is 4.90 Å². The Morgan fingerprint density at radius 1 is 1.06 bits per heavy atom. The molecule has 3 heterocycles. The van der Waals surface area contributed by atoms with Gasteiger partial charge in [0.25, 0.3) is 0 Å². The van der Waals surface area contributed by atoms with Gasteiger partial charge in [-0.05, 0) is 32.7 Å². The highest BCUT2D eigenvalue weighted by Crippen LogP contribution is 2.47. The molecule has 0 spiro atoms. The summed E-state index contributed by atoms with van der Waals surface area (Å²) in [6.07, 6.45) is 3.65. The maximum Gasteiger partial charge on any atom is 0.190 e. The molecule has 0 radical (unpaired) electrons. The number of anilines is 1. The van der Waals surface area contributed by atoms with Gasteiger partial charge in [-0.1, -0.05) is 39.5 Å². The lowest BCUT2D eigenvalue weighted by molar-refractivity contribution is 0.258. The Balaban J connectivity index is 1.31. The molecule has 0 unspecified atom stereocenters. The molecule has 0 amide bonds. The van der Waals surface area contributed by atoms with Crippen LogP contribution in [-0.2, 0) is 17.9 Å². The normalized spacial score (nSPS) is 19.1. The van der Waals surface area contributed by atoms with Crippen molar-refractivity contribution < 1.29 is 0 Å². The van der Waals surface area contributed by atoms with Gasteiger partial charge in [0.1, 0.15) is 17.5 Å². The summed E-state index contributed by atoms with van der Waals surface area (Å²) in [6, 6.07) is 2.26. The van der Waals surface area contributed by atoms with Crippen LogP contribution in [0.3, 0.4) is 0 Å². The van der Waals surface area contributed by atoms with E-state index in [0.717, 1.165) is 61.1 Å². The second-order valence-corrected chi connectivity index (χ2v) is 11.4. The Kier molecular flexibility index (Phi) is 6.32. The number of hydrogen-bond acceptors (Lipinski definition) is 7. The standard InChI is InChI=1S/C23H37N7S/c1-17-26-27-21(28(17)6)31-15-7-10-29-11-13-30(14-12-29)19-16-18(23(5)8-9-23)24-20(25-19)22(2,3)4/h16H,7-15H2,1-6H3. The number of rotatable bonds is 7. The van der Waals surface area contributed by atoms with Gasteiger partial charge in [-0.2, -0.15) is 0 Å². The van der Waals surface area contributed by atoms with Crippen LogP contribution in [0.25, 0.3) is 0 Å². The van der Waals surface area contributed by atoms with E-state index in [1.54, 1.807) is 11.8 Å². The summed E-state index contributed by atoms with van der Waals surface area (Å²) in [5.74, 6) is 4.15. The van der Waals surface area contributed by atoms with Crippen molar-refractivity contribution in [3.63, 3.8) is 0 Å². The summed E-state index contributed by atoms with van der Waals surface area (Å²) in [5.41, 5.74) is 1.47. The number of aromatic nitrogens is 5. The maximum atomic E-state index is 4.99. The predicted octanol–water partition coefficient (Wildman–Crippen LogP) is 3.57. The summed E-state index contributed by atoms with van der Waals surface area (Å²) in [7, 11) is 2.03. The summed E-state index contributed by atoms with van der Waals surface area (Å²) < 4.78 is 2.06. The lowest BCUT2D eigenvalue weighted by Gasteiger charge is -2.36. The summed E-state index contributed by atoms with van der Waals surface area (Å²) in [6.45, 7) is 16.4. The average molecular weight is 444 g/mol. The van der Waals surface area contributed by atoms with Gasteiger partial charge in [0, 0.05) is 55.9 Å². The van der Waals surface area contributed by atoms with Crippen LogP contribution in [0, 0.1) is 6.92 Å². The van der Waals surface area contributed by atoms with Crippen molar-refractivity contribution in [3.05, 3.63) is 23.4 Å². The number of aryl methyl sites for hydroxylation is 1. The number of thioether (sulfide) groups is 1. The van der Waals surface area contributed by atoms with Gasteiger partial charge in [0.2, 0.25) is 0 Å². The van der Waals surface area contributed by atoms with Crippen LogP contribution >= 0.6 is 11.8 Å². The van der Waals surface area contributed by atoms with Gasteiger partial charge >= 0.3 is 0 Å². The van der Waals surface area contributed by atoms with Crippen molar-refractivity contribution in [1.29, 1.82) is 0 Å². The first-order valence-corrected chi connectivity index (χ1v) is 12.5. The van der Waals surface area contributed by atoms with Crippen molar-refractivity contribution in [2.75, 3.05) is 43.4 Å². The molecule has 1 aliphatic carbocycles. The van der Waals surface area contributed by atoms with E-state index in [9.17, 15) is 0 Å². The summed E-state index contributed by atoms with van der Waals surface area (Å²) in [5, 5.41) is 9.39. The minimum atomic E-state index is -0.0310. The van der Waals surface area contributed by atoms with E-state index in [4.69, 9.17) is 9.97 Å². The van der Waals surface area contributed by atoms with Gasteiger partial charge in [-0.25, -0.2) is 9.97 Å². The van der Waals surface area contributed by atoms with E-state index in [1.807, 2.05) is 14.0 Å². The first-order chi connectivity index (χ1) is 14.7. The van der Waals surface area contributed by atoms with E-state index in [0.29, 0.717) is 0 Å². The monoisotopic (exact) mass is 443 g/mol. The predicted molar refractivity (Wildman–Crippen MR) is 127 cm³/mol. The van der Waals surface area contributed by atoms with Crippen LogP contribution in [0.1, 0.15) is 64.3 Å². The third kappa shape index (κ3) is 5.22. The van der Waals surface area contributed by atoms with Crippen molar-refractivity contribution in [2.24, 2.45) is 7.05 Å². The fraction of sp³-hybridized carbons (Fsp3) is 0.739. The highest BCUT2D eigenvalue weighted by molar-refractivity contribution is 7.99. The molecule has 0 aromatic carbocycles. The molecule has 0 bridgehead atoms. The topological polar surface area (TPSA) is 63.0 Å². The molecule has 2 aromatic heterocycles. The first-order valence-electron chi connectivity index (χ1n) is 11.5. The molecule has 2 fully saturated rings. The third-order valence-electron chi connectivity index (χ3n) is 6.60. The molecule has 170 valence electrons. The number of hydrogen-bond donors (Lipinski definition) is 0. The zero-order valence-corrected chi connectivity index (χ0v) is 20.8. The lowest BCUT2D eigenvalue weighted by atomic mass is 9.94. The molecule has 1 aliphatic heterocycles. The third-order valence-corrected chi connectivity index (χ3v) is 7.71. The second-order valence-electron chi connectivity index (χ2n) is 10.4. The van der Waals surface area contributed by atoms with Crippen molar-refractivity contribution in [1.82, 2.24) is 29.6 Å². The molecule has 1 saturated heterocycles. The molecule has 1 saturated carbocycles. The van der Waals surface area contributed by atoms with E-state index >= 15 is 0 Å². The SMILES string of the molecule is Cc1nnc(SCCCN2CCN(c3cc(C4(C)CC4)nc(C(C)(C)C)n3)CC2)n1C. The molecule has 7 nitrogen and oxygen atoms in total. The Morgan fingerprint density at radius 3 is 2.35 bits per heavy atom. The molecule has 0 N–H and O–H groups in total. The van der Waals surface area contributed by atoms with Gasteiger partial charge in [0.15, 0.2) is 5.16 Å². The number of piperazine rings is 1. The molecular formula is C23H37N7S. The quantitative estimate of drug-likeness (QED) is 0.479. The maximum absolute atomic E-state index is 4.99. The molecule has 31 heavy (non-hydrogen) atoms. The smallest absolute Gasteiger partial charge is 0.190 e. The Labute approximate surface area is 191 Å². The molecule has 0 atom stereocenters. The van der Waals surface area contributed by atoms with Crippen molar-refractivity contribution in [2.45, 2.75) is 69.9 Å². The molecule has 2 aromatic rings. The van der Waals surface area contributed by atoms with Gasteiger partial charge in [0.05, 0.1) is 5.69 Å². The van der Waals surface area contributed by atoms with Crippen LogP contribution < -0.4 is 4.90 Å². The minimum Gasteiger partial charge on any atom is -0.354 e. The summed E-state index contributed by atoms with van der Waals surface area (Å²) >= 11 is 1.80. The molecule has 4 rings (SSSR count). The fourth-order valence-corrected chi connectivity index (χ4v) is 4.73. The highest BCUT2D eigenvalue weighted by Gasteiger charge is 2.41. The largest absolute Gasteiger partial charge is 0.354 e. The number of nitrogens with zero attached hydrogens (tertiary/aromatic N) is 7. The fourth-order valence-electron chi connectivity index (χ4n) is 3.85. The molecule has 8 heteroatoms. The Hall–Kier alpha value is -1.67. The van der Waals surface area contributed by atoms with Gasteiger partial charge in [-0.15, -0.1) is 10.2 Å². The van der Waals surface area contributed by atoms with Crippen LogP contribution in [0.4, 0.5) is 5.82 Å².